The third-order valence-electron chi connectivity index (χ3n) is 4.05. The van der Waals surface area contributed by atoms with Crippen LogP contribution < -0.4 is 5.32 Å². The molecule has 1 fully saturated rings. The molecule has 1 aromatic rings. The van der Waals surface area contributed by atoms with Gasteiger partial charge in [0, 0.05) is 44.4 Å². The summed E-state index contributed by atoms with van der Waals surface area (Å²) >= 11 is 0. The van der Waals surface area contributed by atoms with Crippen molar-refractivity contribution in [1.29, 1.82) is 0 Å². The zero-order chi connectivity index (χ0) is 17.0. The minimum absolute atomic E-state index is 0.0583. The first-order valence-corrected chi connectivity index (χ1v) is 7.51. The molecule has 2 rings (SSSR count). The molecule has 0 aliphatic carbocycles. The van der Waals surface area contributed by atoms with E-state index in [1.54, 1.807) is 0 Å². The predicted molar refractivity (Wildman–Crippen MR) is 79.6 cm³/mol. The lowest BCUT2D eigenvalue weighted by Crippen LogP contribution is -2.53. The maximum Gasteiger partial charge on any atom is 0.322 e. The zero-order valence-corrected chi connectivity index (χ0v) is 12.9. The smallest absolute Gasteiger partial charge is 0.322 e. The van der Waals surface area contributed by atoms with E-state index < -0.39 is 29.2 Å². The molecule has 0 unspecified atom stereocenters. The largest absolute Gasteiger partial charge is 0.395 e. The molecule has 2 N–H and O–H groups in total. The Balaban J connectivity index is 1.94. The highest BCUT2D eigenvalue weighted by Gasteiger charge is 2.25. The van der Waals surface area contributed by atoms with Gasteiger partial charge in [-0.05, 0) is 6.42 Å². The van der Waals surface area contributed by atoms with Crippen molar-refractivity contribution < 1.29 is 23.1 Å². The molecule has 128 valence electrons. The highest BCUT2D eigenvalue weighted by Crippen LogP contribution is 2.19. The molecule has 0 aromatic heterocycles. The summed E-state index contributed by atoms with van der Waals surface area (Å²) in [5.74, 6) is -3.55. The Labute approximate surface area is 132 Å². The van der Waals surface area contributed by atoms with Gasteiger partial charge in [-0.15, -0.1) is 0 Å². The summed E-state index contributed by atoms with van der Waals surface area (Å²) in [7, 11) is 0. The Morgan fingerprint density at radius 1 is 1.17 bits per heavy atom. The fourth-order valence-electron chi connectivity index (χ4n) is 2.61. The van der Waals surface area contributed by atoms with Crippen molar-refractivity contribution in [1.82, 2.24) is 9.80 Å². The van der Waals surface area contributed by atoms with Crippen molar-refractivity contribution in [2.45, 2.75) is 19.4 Å². The van der Waals surface area contributed by atoms with Gasteiger partial charge in [0.25, 0.3) is 0 Å². The molecule has 5 nitrogen and oxygen atoms in total. The molecule has 0 bridgehead atoms. The number of rotatable bonds is 4. The molecule has 8 heteroatoms. The van der Waals surface area contributed by atoms with Gasteiger partial charge in [0.2, 0.25) is 0 Å². The van der Waals surface area contributed by atoms with Gasteiger partial charge in [-0.25, -0.2) is 18.0 Å². The first kappa shape index (κ1) is 17.6. The molecular weight excluding hydrogens is 311 g/mol. The molecule has 1 atom stereocenters. The standard InChI is InChI=1S/C15H20F3N3O2/c1-2-10(9-22)20-3-5-21(6-4-20)15(23)19-14-8-12(17)11(16)7-13(14)18/h7-8,10,22H,2-6,9H2,1H3,(H,19,23)/t10-/m0/s1. The molecule has 23 heavy (non-hydrogen) atoms. The molecule has 0 spiro atoms. The number of carbonyl (C=O) groups excluding carboxylic acids is 1. The molecular formula is C15H20F3N3O2. The Morgan fingerprint density at radius 2 is 1.78 bits per heavy atom. The number of halogens is 3. The van der Waals surface area contributed by atoms with Crippen molar-refractivity contribution in [2.75, 3.05) is 38.1 Å². The normalized spacial score (nSPS) is 17.2. The van der Waals surface area contributed by atoms with E-state index in [1.165, 1.54) is 4.90 Å². The van der Waals surface area contributed by atoms with Crippen LogP contribution in [-0.4, -0.2) is 59.8 Å². The molecule has 1 aliphatic heterocycles. The fourth-order valence-corrected chi connectivity index (χ4v) is 2.61. The van der Waals surface area contributed by atoms with E-state index in [0.29, 0.717) is 38.3 Å². The summed E-state index contributed by atoms with van der Waals surface area (Å²) < 4.78 is 39.5. The lowest BCUT2D eigenvalue weighted by molar-refractivity contribution is 0.0765. The quantitative estimate of drug-likeness (QED) is 0.830. The third kappa shape index (κ3) is 4.14. The van der Waals surface area contributed by atoms with Crippen LogP contribution in [0.2, 0.25) is 0 Å². The van der Waals surface area contributed by atoms with Crippen LogP contribution in [-0.2, 0) is 0 Å². The van der Waals surface area contributed by atoms with Gasteiger partial charge in [0.15, 0.2) is 11.6 Å². The summed E-state index contributed by atoms with van der Waals surface area (Å²) in [4.78, 5) is 15.7. The summed E-state index contributed by atoms with van der Waals surface area (Å²) in [6.07, 6.45) is 0.808. The second kappa shape index (κ2) is 7.65. The number of nitrogens with zero attached hydrogens (tertiary/aromatic N) is 2. The number of carbonyl (C=O) groups is 1. The molecule has 1 aromatic carbocycles. The lowest BCUT2D eigenvalue weighted by Gasteiger charge is -2.38. The lowest BCUT2D eigenvalue weighted by atomic mass is 10.2. The van der Waals surface area contributed by atoms with E-state index in [1.807, 2.05) is 6.92 Å². The van der Waals surface area contributed by atoms with E-state index in [2.05, 4.69) is 10.2 Å². The number of hydrogen-bond donors (Lipinski definition) is 2. The Bertz CT molecular complexity index is 559. The topological polar surface area (TPSA) is 55.8 Å². The van der Waals surface area contributed by atoms with Gasteiger partial charge in [-0.1, -0.05) is 6.92 Å². The van der Waals surface area contributed by atoms with Crippen LogP contribution >= 0.6 is 0 Å². The Morgan fingerprint density at radius 3 is 2.35 bits per heavy atom. The number of aliphatic hydroxyl groups excluding tert-OH is 1. The number of nitrogens with one attached hydrogen (secondary N) is 1. The third-order valence-corrected chi connectivity index (χ3v) is 4.05. The molecule has 0 radical (unpaired) electrons. The Kier molecular flexibility index (Phi) is 5.84. The van der Waals surface area contributed by atoms with Crippen molar-refractivity contribution in [3.63, 3.8) is 0 Å². The van der Waals surface area contributed by atoms with Crippen LogP contribution in [0.1, 0.15) is 13.3 Å². The first-order chi connectivity index (χ1) is 11.0. The SMILES string of the molecule is CC[C@@H](CO)N1CCN(C(=O)Nc2cc(F)c(F)cc2F)CC1. The number of urea groups is 1. The number of benzene rings is 1. The van der Waals surface area contributed by atoms with Crippen LogP contribution in [0, 0.1) is 17.5 Å². The van der Waals surface area contributed by atoms with Gasteiger partial charge < -0.3 is 15.3 Å². The van der Waals surface area contributed by atoms with Crippen LogP contribution in [0.15, 0.2) is 12.1 Å². The maximum absolute atomic E-state index is 13.5. The number of amides is 2. The molecule has 1 aliphatic rings. The van der Waals surface area contributed by atoms with Gasteiger partial charge in [0.05, 0.1) is 12.3 Å². The second-order valence-corrected chi connectivity index (χ2v) is 5.44. The summed E-state index contributed by atoms with van der Waals surface area (Å²) in [6.45, 7) is 4.04. The van der Waals surface area contributed by atoms with Crippen LogP contribution in [0.3, 0.4) is 0 Å². The van der Waals surface area contributed by atoms with Crippen molar-refractivity contribution in [2.24, 2.45) is 0 Å². The summed E-state index contributed by atoms with van der Waals surface area (Å²) in [6, 6.07) is 0.517. The zero-order valence-electron chi connectivity index (χ0n) is 12.9. The summed E-state index contributed by atoms with van der Waals surface area (Å²) in [5, 5.41) is 11.5. The van der Waals surface area contributed by atoms with E-state index in [0.717, 1.165) is 6.42 Å². The predicted octanol–water partition coefficient (Wildman–Crippen LogP) is 2.02. The minimum atomic E-state index is -1.30. The molecule has 1 heterocycles. The van der Waals surface area contributed by atoms with Crippen molar-refractivity contribution in [3.8, 4) is 0 Å². The van der Waals surface area contributed by atoms with E-state index >= 15 is 0 Å². The van der Waals surface area contributed by atoms with Crippen molar-refractivity contribution >= 4 is 11.7 Å². The molecule has 2 amide bonds. The summed E-state index contributed by atoms with van der Waals surface area (Å²) in [5.41, 5.74) is -0.391. The van der Waals surface area contributed by atoms with E-state index in [-0.39, 0.29) is 12.6 Å². The Hall–Kier alpha value is -1.80. The van der Waals surface area contributed by atoms with Crippen molar-refractivity contribution in [3.05, 3.63) is 29.6 Å². The van der Waals surface area contributed by atoms with Gasteiger partial charge in [-0.3, -0.25) is 4.90 Å². The average molecular weight is 331 g/mol. The van der Waals surface area contributed by atoms with Gasteiger partial charge in [0.1, 0.15) is 5.82 Å². The van der Waals surface area contributed by atoms with E-state index in [9.17, 15) is 23.1 Å². The highest BCUT2D eigenvalue weighted by molar-refractivity contribution is 5.89. The van der Waals surface area contributed by atoms with E-state index in [4.69, 9.17) is 0 Å². The first-order valence-electron chi connectivity index (χ1n) is 7.51. The number of hydrogen-bond acceptors (Lipinski definition) is 3. The number of piperazine rings is 1. The second-order valence-electron chi connectivity index (χ2n) is 5.44. The number of anilines is 1. The average Bonchev–Trinajstić information content (AvgIpc) is 2.54. The monoisotopic (exact) mass is 331 g/mol. The molecule has 1 saturated heterocycles. The maximum atomic E-state index is 13.5. The van der Waals surface area contributed by atoms with Crippen LogP contribution in [0.25, 0.3) is 0 Å². The molecule has 0 saturated carbocycles. The van der Waals surface area contributed by atoms with Gasteiger partial charge >= 0.3 is 6.03 Å². The van der Waals surface area contributed by atoms with Crippen LogP contribution in [0.4, 0.5) is 23.7 Å². The van der Waals surface area contributed by atoms with Gasteiger partial charge in [-0.2, -0.15) is 0 Å². The highest BCUT2D eigenvalue weighted by atomic mass is 19.2. The minimum Gasteiger partial charge on any atom is -0.395 e. The fraction of sp³-hybridized carbons (Fsp3) is 0.533. The van der Waals surface area contributed by atoms with Crippen LogP contribution in [0.5, 0.6) is 0 Å². The number of aliphatic hydroxyl groups is 1.